The van der Waals surface area contributed by atoms with Gasteiger partial charge in [-0.05, 0) is 17.5 Å². The number of rotatable bonds is 3. The molecule has 7 nitrogen and oxygen atoms in total. The number of non-ortho nitro benzene ring substituents is 1. The summed E-state index contributed by atoms with van der Waals surface area (Å²) in [4.78, 5) is 23.2. The molecule has 8 heteroatoms. The van der Waals surface area contributed by atoms with E-state index in [1.165, 1.54) is 35.4 Å². The van der Waals surface area contributed by atoms with E-state index in [2.05, 4.69) is 5.10 Å². The van der Waals surface area contributed by atoms with Gasteiger partial charge in [0.1, 0.15) is 0 Å². The molecule has 0 N–H and O–H groups in total. The first-order valence-electron chi connectivity index (χ1n) is 6.79. The number of thiophene rings is 1. The van der Waals surface area contributed by atoms with Gasteiger partial charge in [0.25, 0.3) is 5.69 Å². The fourth-order valence-corrected chi connectivity index (χ4v) is 3.18. The first-order chi connectivity index (χ1) is 10.9. The normalized spacial score (nSPS) is 20.1. The lowest BCUT2D eigenvalue weighted by atomic mass is 10.2. The average molecular weight is 331 g/mol. The standard InChI is InChI=1S/C15H13N3O4S/c1-10(19)17-15(2,13-7-4-8-23-13)22-14(16-17)11-5-3-6-12(9-11)18(20)21/h3-9H,1-2H3/t15-/m1/s1. The van der Waals surface area contributed by atoms with E-state index in [1.54, 1.807) is 19.1 Å². The molecule has 1 aliphatic heterocycles. The number of hydrogen-bond donors (Lipinski definition) is 0. The van der Waals surface area contributed by atoms with Crippen molar-refractivity contribution in [2.24, 2.45) is 5.10 Å². The number of amides is 1. The van der Waals surface area contributed by atoms with Crippen LogP contribution >= 0.6 is 11.3 Å². The van der Waals surface area contributed by atoms with Gasteiger partial charge in [0.05, 0.1) is 9.80 Å². The number of carbonyl (C=O) groups is 1. The van der Waals surface area contributed by atoms with Gasteiger partial charge >= 0.3 is 0 Å². The van der Waals surface area contributed by atoms with Gasteiger partial charge < -0.3 is 4.74 Å². The number of carbonyl (C=O) groups excluding carboxylic acids is 1. The van der Waals surface area contributed by atoms with E-state index in [-0.39, 0.29) is 17.5 Å². The van der Waals surface area contributed by atoms with E-state index < -0.39 is 10.6 Å². The Morgan fingerprint density at radius 2 is 2.17 bits per heavy atom. The monoisotopic (exact) mass is 331 g/mol. The van der Waals surface area contributed by atoms with Crippen LogP contribution in [0.3, 0.4) is 0 Å². The lowest BCUT2D eigenvalue weighted by Crippen LogP contribution is -2.40. The lowest BCUT2D eigenvalue weighted by molar-refractivity contribution is -0.384. The second-order valence-electron chi connectivity index (χ2n) is 5.11. The van der Waals surface area contributed by atoms with Crippen molar-refractivity contribution < 1.29 is 14.5 Å². The third kappa shape index (κ3) is 2.57. The van der Waals surface area contributed by atoms with Crippen LogP contribution in [0.1, 0.15) is 24.3 Å². The van der Waals surface area contributed by atoms with Crippen molar-refractivity contribution in [2.45, 2.75) is 19.6 Å². The molecule has 0 unspecified atom stereocenters. The molecule has 23 heavy (non-hydrogen) atoms. The van der Waals surface area contributed by atoms with Crippen molar-refractivity contribution in [3.63, 3.8) is 0 Å². The molecule has 0 spiro atoms. The van der Waals surface area contributed by atoms with Crippen LogP contribution in [-0.2, 0) is 15.3 Å². The van der Waals surface area contributed by atoms with E-state index in [0.717, 1.165) is 4.88 Å². The molecule has 2 heterocycles. The van der Waals surface area contributed by atoms with Gasteiger partial charge in [-0.25, -0.2) is 0 Å². The van der Waals surface area contributed by atoms with E-state index >= 15 is 0 Å². The van der Waals surface area contributed by atoms with Crippen molar-refractivity contribution in [1.29, 1.82) is 0 Å². The summed E-state index contributed by atoms with van der Waals surface area (Å²) in [6.45, 7) is 3.14. The zero-order chi connectivity index (χ0) is 16.6. The molecule has 3 rings (SSSR count). The maximum Gasteiger partial charge on any atom is 0.270 e. The summed E-state index contributed by atoms with van der Waals surface area (Å²) in [5, 5.41) is 18.3. The Hall–Kier alpha value is -2.74. The van der Waals surface area contributed by atoms with Crippen LogP contribution in [-0.4, -0.2) is 21.7 Å². The van der Waals surface area contributed by atoms with Gasteiger partial charge in [0.2, 0.25) is 17.5 Å². The molecule has 0 bridgehead atoms. The number of nitro groups is 1. The number of nitro benzene ring substituents is 1. The van der Waals surface area contributed by atoms with Crippen molar-refractivity contribution in [3.05, 3.63) is 62.3 Å². The van der Waals surface area contributed by atoms with E-state index in [1.807, 2.05) is 17.5 Å². The van der Waals surface area contributed by atoms with Crippen LogP contribution < -0.4 is 0 Å². The van der Waals surface area contributed by atoms with Gasteiger partial charge in [0, 0.05) is 31.5 Å². The fraction of sp³-hybridized carbons (Fsp3) is 0.200. The minimum absolute atomic E-state index is 0.0621. The van der Waals surface area contributed by atoms with E-state index in [4.69, 9.17) is 4.74 Å². The van der Waals surface area contributed by atoms with Crippen LogP contribution in [0.25, 0.3) is 0 Å². The summed E-state index contributed by atoms with van der Waals surface area (Å²) in [5.74, 6) is -0.0962. The SMILES string of the molecule is CC(=O)N1N=C(c2cccc([N+](=O)[O-])c2)O[C@]1(C)c1cccs1. The predicted molar refractivity (Wildman–Crippen MR) is 84.9 cm³/mol. The summed E-state index contributed by atoms with van der Waals surface area (Å²) in [5.41, 5.74) is -0.668. The summed E-state index contributed by atoms with van der Waals surface area (Å²) < 4.78 is 5.93. The summed E-state index contributed by atoms with van der Waals surface area (Å²) >= 11 is 1.45. The number of nitrogens with zero attached hydrogens (tertiary/aromatic N) is 3. The molecule has 118 valence electrons. The molecule has 0 aliphatic carbocycles. The molecular formula is C15H13N3O4S. The van der Waals surface area contributed by atoms with Crippen LogP contribution in [0.4, 0.5) is 5.69 Å². The second-order valence-corrected chi connectivity index (χ2v) is 6.05. The second kappa shape index (κ2) is 5.47. The molecule has 0 saturated heterocycles. The minimum atomic E-state index is -1.06. The Morgan fingerprint density at radius 1 is 1.39 bits per heavy atom. The highest BCUT2D eigenvalue weighted by molar-refractivity contribution is 7.10. The molecular weight excluding hydrogens is 318 g/mol. The highest BCUT2D eigenvalue weighted by atomic mass is 32.1. The van der Waals surface area contributed by atoms with Crippen LogP contribution in [0.15, 0.2) is 46.9 Å². The van der Waals surface area contributed by atoms with Gasteiger partial charge in [0.15, 0.2) is 0 Å². The smallest absolute Gasteiger partial charge is 0.270 e. The number of benzene rings is 1. The van der Waals surface area contributed by atoms with Crippen molar-refractivity contribution in [1.82, 2.24) is 5.01 Å². The van der Waals surface area contributed by atoms with Crippen LogP contribution in [0, 0.1) is 10.1 Å². The lowest BCUT2D eigenvalue weighted by Gasteiger charge is -2.29. The maximum absolute atomic E-state index is 11.9. The van der Waals surface area contributed by atoms with E-state index in [9.17, 15) is 14.9 Å². The third-order valence-electron chi connectivity index (χ3n) is 3.47. The molecule has 0 saturated carbocycles. The van der Waals surface area contributed by atoms with Crippen LogP contribution in [0.2, 0.25) is 0 Å². The maximum atomic E-state index is 11.9. The Labute approximate surface area is 136 Å². The van der Waals surface area contributed by atoms with Gasteiger partial charge in [-0.3, -0.25) is 14.9 Å². The van der Waals surface area contributed by atoms with Gasteiger partial charge in [-0.2, -0.15) is 5.01 Å². The molecule has 1 aromatic carbocycles. The molecule has 1 aliphatic rings. The van der Waals surface area contributed by atoms with E-state index in [0.29, 0.717) is 5.56 Å². The van der Waals surface area contributed by atoms with Crippen molar-refractivity contribution >= 4 is 28.8 Å². The molecule has 1 amide bonds. The van der Waals surface area contributed by atoms with Crippen molar-refractivity contribution in [2.75, 3.05) is 0 Å². The van der Waals surface area contributed by atoms with Gasteiger partial charge in [-0.1, -0.05) is 12.1 Å². The highest BCUT2D eigenvalue weighted by Crippen LogP contribution is 2.38. The van der Waals surface area contributed by atoms with Crippen molar-refractivity contribution in [3.8, 4) is 0 Å². The largest absolute Gasteiger partial charge is 0.442 e. The molecule has 2 aromatic rings. The first kappa shape index (κ1) is 15.2. The fourth-order valence-electron chi connectivity index (χ4n) is 2.38. The number of hydrogen-bond acceptors (Lipinski definition) is 6. The average Bonchev–Trinajstić information content (AvgIpc) is 3.15. The Morgan fingerprint density at radius 3 is 2.78 bits per heavy atom. The topological polar surface area (TPSA) is 85.0 Å². The molecule has 1 atom stereocenters. The Bertz CT molecular complexity index is 803. The number of ether oxygens (including phenoxy) is 1. The first-order valence-corrected chi connectivity index (χ1v) is 7.67. The van der Waals surface area contributed by atoms with Gasteiger partial charge in [-0.15, -0.1) is 16.4 Å². The molecule has 0 radical (unpaired) electrons. The summed E-state index contributed by atoms with van der Waals surface area (Å²) in [6, 6.07) is 9.69. The Kier molecular flexibility index (Phi) is 3.61. The third-order valence-corrected chi connectivity index (χ3v) is 4.53. The van der Waals surface area contributed by atoms with Crippen LogP contribution in [0.5, 0.6) is 0 Å². The number of hydrazone groups is 1. The molecule has 1 aromatic heterocycles. The highest BCUT2D eigenvalue weighted by Gasteiger charge is 2.45. The zero-order valence-corrected chi connectivity index (χ0v) is 13.2. The summed E-state index contributed by atoms with van der Waals surface area (Å²) in [6.07, 6.45) is 0. The molecule has 0 fully saturated rings. The quantitative estimate of drug-likeness (QED) is 0.639. The summed E-state index contributed by atoms with van der Waals surface area (Å²) in [7, 11) is 0. The minimum Gasteiger partial charge on any atom is -0.442 e. The Balaban J connectivity index is 2.02. The zero-order valence-electron chi connectivity index (χ0n) is 12.4. The predicted octanol–water partition coefficient (Wildman–Crippen LogP) is 3.07.